The summed E-state index contributed by atoms with van der Waals surface area (Å²) in [5.74, 6) is 0.514. The van der Waals surface area contributed by atoms with Crippen molar-refractivity contribution in [3.63, 3.8) is 0 Å². The van der Waals surface area contributed by atoms with Gasteiger partial charge in [0.1, 0.15) is 0 Å². The molecule has 1 rings (SSSR count). The molecule has 12 heavy (non-hydrogen) atoms. The summed E-state index contributed by atoms with van der Waals surface area (Å²) in [5, 5.41) is 10.0. The smallest absolute Gasteiger partial charge is 0.0493 e. The summed E-state index contributed by atoms with van der Waals surface area (Å²) in [7, 11) is 0. The number of rotatable bonds is 4. The van der Waals surface area contributed by atoms with Crippen LogP contribution in [0.1, 0.15) is 13.3 Å². The number of aliphatic hydroxyl groups is 1. The normalized spacial score (nSPS) is 21.6. The minimum absolute atomic E-state index is 0.0175. The van der Waals surface area contributed by atoms with Crippen molar-refractivity contribution < 1.29 is 5.11 Å². The first-order valence-electron chi connectivity index (χ1n) is 4.22. The highest BCUT2D eigenvalue weighted by molar-refractivity contribution is 9.09. The monoisotopic (exact) mass is 230 g/mol. The van der Waals surface area contributed by atoms with Crippen LogP contribution < -0.4 is 0 Å². The third kappa shape index (κ3) is 2.46. The molecule has 0 spiro atoms. The summed E-state index contributed by atoms with van der Waals surface area (Å²) in [4.78, 5) is 0. The Hall–Kier alpha value is -0.0800. The molecule has 68 valence electrons. The first kappa shape index (κ1) is 10.0. The summed E-state index contributed by atoms with van der Waals surface area (Å²) >= 11 is 3.43. The van der Waals surface area contributed by atoms with E-state index in [1.54, 1.807) is 0 Å². The van der Waals surface area contributed by atoms with E-state index in [-0.39, 0.29) is 12.0 Å². The van der Waals surface area contributed by atoms with Crippen LogP contribution in [-0.2, 0) is 0 Å². The van der Waals surface area contributed by atoms with Crippen LogP contribution in [0.4, 0.5) is 0 Å². The highest BCUT2D eigenvalue weighted by Gasteiger charge is 2.24. The van der Waals surface area contributed by atoms with Gasteiger partial charge in [-0.05, 0) is 12.3 Å². The number of halogens is 1. The van der Waals surface area contributed by atoms with Crippen LogP contribution in [0.25, 0.3) is 0 Å². The lowest BCUT2D eigenvalue weighted by Crippen LogP contribution is -2.25. The van der Waals surface area contributed by atoms with Gasteiger partial charge in [-0.1, -0.05) is 47.2 Å². The number of hydrogen-bond donors (Lipinski definition) is 1. The maximum absolute atomic E-state index is 9.17. The first-order valence-corrected chi connectivity index (χ1v) is 5.34. The second kappa shape index (κ2) is 4.24. The summed E-state index contributed by atoms with van der Waals surface area (Å²) < 4.78 is 0. The van der Waals surface area contributed by atoms with Gasteiger partial charge in [0.2, 0.25) is 0 Å². The standard InChI is InChI=1S/C10H15BrO/c1-10(7-11,8-12)6-9-4-2-3-5-9/h2-5,9,12H,6-8H2,1H3. The van der Waals surface area contributed by atoms with Crippen LogP contribution in [0, 0.1) is 11.3 Å². The molecule has 0 saturated heterocycles. The lowest BCUT2D eigenvalue weighted by atomic mass is 9.84. The Morgan fingerprint density at radius 1 is 1.42 bits per heavy atom. The van der Waals surface area contributed by atoms with Crippen LogP contribution >= 0.6 is 15.9 Å². The molecular weight excluding hydrogens is 216 g/mol. The van der Waals surface area contributed by atoms with Crippen molar-refractivity contribution in [3.05, 3.63) is 24.3 Å². The number of alkyl halides is 1. The largest absolute Gasteiger partial charge is 0.396 e. The van der Waals surface area contributed by atoms with Gasteiger partial charge in [0.15, 0.2) is 0 Å². The molecule has 1 N–H and O–H groups in total. The van der Waals surface area contributed by atoms with Crippen molar-refractivity contribution in [1.82, 2.24) is 0 Å². The van der Waals surface area contributed by atoms with Gasteiger partial charge < -0.3 is 5.11 Å². The molecule has 1 atom stereocenters. The third-order valence-corrected chi connectivity index (χ3v) is 3.61. The minimum Gasteiger partial charge on any atom is -0.396 e. The lowest BCUT2D eigenvalue weighted by molar-refractivity contribution is 0.149. The van der Waals surface area contributed by atoms with Crippen molar-refractivity contribution in [3.8, 4) is 0 Å². The molecule has 0 aliphatic heterocycles. The van der Waals surface area contributed by atoms with E-state index in [0.717, 1.165) is 11.8 Å². The predicted molar refractivity (Wildman–Crippen MR) is 55.4 cm³/mol. The highest BCUT2D eigenvalue weighted by atomic mass is 79.9. The zero-order valence-electron chi connectivity index (χ0n) is 7.33. The summed E-state index contributed by atoms with van der Waals surface area (Å²) in [6, 6.07) is 0. The molecule has 0 fully saturated rings. The van der Waals surface area contributed by atoms with Gasteiger partial charge in [0, 0.05) is 17.4 Å². The Morgan fingerprint density at radius 2 is 2.00 bits per heavy atom. The maximum Gasteiger partial charge on any atom is 0.0493 e. The van der Waals surface area contributed by atoms with E-state index < -0.39 is 0 Å². The Morgan fingerprint density at radius 3 is 2.42 bits per heavy atom. The predicted octanol–water partition coefficient (Wildman–Crippen LogP) is 2.51. The Kier molecular flexibility index (Phi) is 3.53. The van der Waals surface area contributed by atoms with Gasteiger partial charge in [0.25, 0.3) is 0 Å². The molecule has 2 heteroatoms. The molecule has 1 unspecified atom stereocenters. The fraction of sp³-hybridized carbons (Fsp3) is 0.600. The summed E-state index contributed by atoms with van der Waals surface area (Å²) in [5.41, 5.74) is 0.0175. The fourth-order valence-corrected chi connectivity index (χ4v) is 1.75. The van der Waals surface area contributed by atoms with Gasteiger partial charge >= 0.3 is 0 Å². The topological polar surface area (TPSA) is 20.2 Å². The van der Waals surface area contributed by atoms with Crippen molar-refractivity contribution >= 4 is 15.9 Å². The van der Waals surface area contributed by atoms with Crippen molar-refractivity contribution in [2.24, 2.45) is 11.3 Å². The van der Waals surface area contributed by atoms with Gasteiger partial charge in [-0.3, -0.25) is 0 Å². The van der Waals surface area contributed by atoms with Crippen LogP contribution in [0.2, 0.25) is 0 Å². The Balaban J connectivity index is 2.47. The third-order valence-electron chi connectivity index (χ3n) is 2.26. The molecule has 0 amide bonds. The van der Waals surface area contributed by atoms with Crippen LogP contribution in [0.15, 0.2) is 24.3 Å². The summed E-state index contributed by atoms with van der Waals surface area (Å²) in [6.45, 7) is 2.35. The maximum atomic E-state index is 9.17. The van der Waals surface area contributed by atoms with E-state index in [1.165, 1.54) is 0 Å². The van der Waals surface area contributed by atoms with Crippen molar-refractivity contribution in [1.29, 1.82) is 0 Å². The number of hydrogen-bond acceptors (Lipinski definition) is 1. The lowest BCUT2D eigenvalue weighted by Gasteiger charge is -2.26. The molecule has 0 bridgehead atoms. The van der Waals surface area contributed by atoms with Crippen LogP contribution in [0.3, 0.4) is 0 Å². The number of aliphatic hydroxyl groups excluding tert-OH is 1. The van der Waals surface area contributed by atoms with E-state index >= 15 is 0 Å². The minimum atomic E-state index is 0.0175. The fourth-order valence-electron chi connectivity index (χ4n) is 1.34. The Labute approximate surface area is 82.3 Å². The second-order valence-corrected chi connectivity index (χ2v) is 4.30. The van der Waals surface area contributed by atoms with Gasteiger partial charge in [0.05, 0.1) is 0 Å². The first-order chi connectivity index (χ1) is 5.70. The molecular formula is C10H15BrO. The van der Waals surface area contributed by atoms with E-state index in [4.69, 9.17) is 5.11 Å². The van der Waals surface area contributed by atoms with E-state index in [1.807, 2.05) is 0 Å². The Bertz CT molecular complexity index is 180. The molecule has 1 aliphatic rings. The molecule has 0 heterocycles. The molecule has 0 saturated carbocycles. The number of allylic oxidation sites excluding steroid dienone is 4. The van der Waals surface area contributed by atoms with Crippen molar-refractivity contribution in [2.45, 2.75) is 13.3 Å². The zero-order valence-corrected chi connectivity index (χ0v) is 8.92. The van der Waals surface area contributed by atoms with E-state index in [9.17, 15) is 0 Å². The molecule has 0 aromatic rings. The quantitative estimate of drug-likeness (QED) is 0.737. The van der Waals surface area contributed by atoms with E-state index in [0.29, 0.717) is 5.92 Å². The van der Waals surface area contributed by atoms with Gasteiger partial charge in [-0.2, -0.15) is 0 Å². The van der Waals surface area contributed by atoms with Crippen LogP contribution in [-0.4, -0.2) is 17.0 Å². The van der Waals surface area contributed by atoms with Crippen LogP contribution in [0.5, 0.6) is 0 Å². The SMILES string of the molecule is CC(CO)(CBr)CC1C=CC=C1. The molecule has 1 aliphatic carbocycles. The highest BCUT2D eigenvalue weighted by Crippen LogP contribution is 2.30. The summed E-state index contributed by atoms with van der Waals surface area (Å²) in [6.07, 6.45) is 9.50. The van der Waals surface area contributed by atoms with Gasteiger partial charge in [-0.25, -0.2) is 0 Å². The average molecular weight is 231 g/mol. The molecule has 1 nitrogen and oxygen atoms in total. The molecule has 0 radical (unpaired) electrons. The average Bonchev–Trinajstić information content (AvgIpc) is 2.57. The zero-order chi connectivity index (χ0) is 9.03. The molecule has 0 aromatic carbocycles. The second-order valence-electron chi connectivity index (χ2n) is 3.74. The van der Waals surface area contributed by atoms with Crippen molar-refractivity contribution in [2.75, 3.05) is 11.9 Å². The molecule has 0 aromatic heterocycles. The van der Waals surface area contributed by atoms with E-state index in [2.05, 4.69) is 47.2 Å². The van der Waals surface area contributed by atoms with Gasteiger partial charge in [-0.15, -0.1) is 0 Å².